The van der Waals surface area contributed by atoms with Gasteiger partial charge in [0.1, 0.15) is 23.1 Å². The molecule has 0 N–H and O–H groups in total. The van der Waals surface area contributed by atoms with Crippen molar-refractivity contribution in [2.45, 2.75) is 0 Å². The second kappa shape index (κ2) is 5.88. The summed E-state index contributed by atoms with van der Waals surface area (Å²) in [5, 5.41) is 0. The topological polar surface area (TPSA) is 18.5 Å². The molecule has 0 aromatic heterocycles. The summed E-state index contributed by atoms with van der Waals surface area (Å²) in [6, 6.07) is 10.9. The summed E-state index contributed by atoms with van der Waals surface area (Å²) in [7, 11) is -1.25. The van der Waals surface area contributed by atoms with Crippen LogP contribution in [0.2, 0.25) is 0 Å². The summed E-state index contributed by atoms with van der Waals surface area (Å²) < 4.78 is 35.9. The van der Waals surface area contributed by atoms with E-state index in [0.29, 0.717) is 11.5 Å². The molecule has 94 valence electrons. The van der Waals surface area contributed by atoms with E-state index in [1.165, 1.54) is 48.5 Å². The summed E-state index contributed by atoms with van der Waals surface area (Å²) in [6.45, 7) is 0. The molecule has 0 fully saturated rings. The highest BCUT2D eigenvalue weighted by Crippen LogP contribution is 2.16. The van der Waals surface area contributed by atoms with Crippen LogP contribution in [0.4, 0.5) is 8.78 Å². The largest absolute Gasteiger partial charge is 0.392 e. The number of rotatable bonds is 4. The van der Waals surface area contributed by atoms with E-state index in [2.05, 4.69) is 0 Å². The van der Waals surface area contributed by atoms with Crippen molar-refractivity contribution in [1.29, 1.82) is 0 Å². The van der Waals surface area contributed by atoms with Crippen LogP contribution in [0.15, 0.2) is 48.5 Å². The Morgan fingerprint density at radius 2 is 1.06 bits per heavy atom. The van der Waals surface area contributed by atoms with Gasteiger partial charge in [0.05, 0.1) is 0 Å². The SMILES string of the molecule is Fc1ccc(OS(=S)Oc2ccc(F)cc2)cc1. The minimum Gasteiger partial charge on any atom is -0.392 e. The van der Waals surface area contributed by atoms with Gasteiger partial charge in [-0.05, 0) is 48.5 Å². The molecule has 0 spiro atoms. The van der Waals surface area contributed by atoms with Crippen LogP contribution in [0.1, 0.15) is 0 Å². The van der Waals surface area contributed by atoms with Crippen LogP contribution >= 0.6 is 0 Å². The fourth-order valence-electron chi connectivity index (χ4n) is 1.15. The third kappa shape index (κ3) is 3.75. The van der Waals surface area contributed by atoms with Crippen LogP contribution in [0.3, 0.4) is 0 Å². The van der Waals surface area contributed by atoms with E-state index in [1.807, 2.05) is 0 Å². The zero-order valence-electron chi connectivity index (χ0n) is 9.01. The Bertz CT molecular complexity index is 492. The van der Waals surface area contributed by atoms with Gasteiger partial charge in [-0.1, -0.05) is 0 Å². The van der Waals surface area contributed by atoms with E-state index < -0.39 is 10.0 Å². The molecule has 2 nitrogen and oxygen atoms in total. The maximum absolute atomic E-state index is 12.7. The van der Waals surface area contributed by atoms with E-state index in [0.717, 1.165) is 0 Å². The van der Waals surface area contributed by atoms with Crippen LogP contribution in [-0.2, 0) is 21.2 Å². The van der Waals surface area contributed by atoms with E-state index in [9.17, 15) is 8.78 Å². The monoisotopic (exact) mass is 286 g/mol. The lowest BCUT2D eigenvalue weighted by Crippen LogP contribution is -2.06. The molecule has 0 heterocycles. The molecule has 0 aliphatic heterocycles. The predicted molar refractivity (Wildman–Crippen MR) is 68.8 cm³/mol. The Labute approximate surface area is 110 Å². The Balaban J connectivity index is 1.96. The first kappa shape index (κ1) is 12.9. The van der Waals surface area contributed by atoms with Gasteiger partial charge in [0.2, 0.25) is 0 Å². The first-order valence-electron chi connectivity index (χ1n) is 4.93. The smallest absolute Gasteiger partial charge is 0.259 e. The summed E-state index contributed by atoms with van der Waals surface area (Å²) in [6.07, 6.45) is 0. The molecule has 6 heteroatoms. The van der Waals surface area contributed by atoms with Gasteiger partial charge in [0.25, 0.3) is 10.0 Å². The maximum Gasteiger partial charge on any atom is 0.259 e. The quantitative estimate of drug-likeness (QED) is 0.859. The lowest BCUT2D eigenvalue weighted by molar-refractivity contribution is 0.526. The lowest BCUT2D eigenvalue weighted by atomic mass is 10.3. The predicted octanol–water partition coefficient (Wildman–Crippen LogP) is 3.33. The third-order valence-electron chi connectivity index (χ3n) is 1.96. The molecule has 2 aromatic rings. The number of hydrogen-bond acceptors (Lipinski definition) is 3. The standard InChI is InChI=1S/C12H8F2O2S2/c13-9-1-5-11(6-2-9)15-18(17)16-12-7-3-10(14)4-8-12/h1-8H. The first-order valence-corrected chi connectivity index (χ1v) is 6.93. The molecule has 0 saturated carbocycles. The molecule has 0 saturated heterocycles. The molecule has 2 rings (SSSR count). The van der Waals surface area contributed by atoms with Gasteiger partial charge < -0.3 is 8.37 Å². The molecular formula is C12H8F2O2S2. The number of benzene rings is 2. The van der Waals surface area contributed by atoms with Gasteiger partial charge >= 0.3 is 0 Å². The molecule has 0 atom stereocenters. The Hall–Kier alpha value is -1.53. The average molecular weight is 286 g/mol. The van der Waals surface area contributed by atoms with Gasteiger partial charge in [0, 0.05) is 11.2 Å². The van der Waals surface area contributed by atoms with Crippen molar-refractivity contribution in [2.75, 3.05) is 0 Å². The zero-order valence-corrected chi connectivity index (χ0v) is 10.6. The Morgan fingerprint density at radius 3 is 1.39 bits per heavy atom. The molecule has 2 aromatic carbocycles. The number of hydrogen-bond donors (Lipinski definition) is 0. The highest BCUT2D eigenvalue weighted by molar-refractivity contribution is 8.23. The second-order valence-electron chi connectivity index (χ2n) is 3.28. The maximum atomic E-state index is 12.7. The normalized spacial score (nSPS) is 10.4. The van der Waals surface area contributed by atoms with Crippen molar-refractivity contribution in [1.82, 2.24) is 0 Å². The molecule has 0 unspecified atom stereocenters. The van der Waals surface area contributed by atoms with Crippen molar-refractivity contribution in [3.05, 3.63) is 60.2 Å². The highest BCUT2D eigenvalue weighted by Gasteiger charge is 2.02. The minimum atomic E-state index is -1.25. The van der Waals surface area contributed by atoms with E-state index >= 15 is 0 Å². The van der Waals surface area contributed by atoms with Crippen LogP contribution in [0.25, 0.3) is 0 Å². The molecule has 0 bridgehead atoms. The van der Waals surface area contributed by atoms with Gasteiger partial charge in [-0.2, -0.15) is 0 Å². The van der Waals surface area contributed by atoms with Crippen molar-refractivity contribution >= 4 is 21.2 Å². The average Bonchev–Trinajstić information content (AvgIpc) is 2.35. The van der Waals surface area contributed by atoms with Crippen LogP contribution < -0.4 is 8.37 Å². The van der Waals surface area contributed by atoms with Crippen molar-refractivity contribution in [2.24, 2.45) is 0 Å². The summed E-state index contributed by atoms with van der Waals surface area (Å²) in [4.78, 5) is 0. The van der Waals surface area contributed by atoms with Crippen LogP contribution in [0.5, 0.6) is 11.5 Å². The summed E-state index contributed by atoms with van der Waals surface area (Å²) >= 11 is 4.96. The zero-order chi connectivity index (χ0) is 13.0. The second-order valence-corrected chi connectivity index (χ2v) is 4.84. The highest BCUT2D eigenvalue weighted by atomic mass is 32.8. The van der Waals surface area contributed by atoms with Gasteiger partial charge in [-0.3, -0.25) is 0 Å². The van der Waals surface area contributed by atoms with Crippen molar-refractivity contribution < 1.29 is 17.1 Å². The third-order valence-corrected chi connectivity index (χ3v) is 3.02. The van der Waals surface area contributed by atoms with Crippen molar-refractivity contribution in [3.8, 4) is 11.5 Å². The van der Waals surface area contributed by atoms with Crippen LogP contribution in [-0.4, -0.2) is 0 Å². The van der Waals surface area contributed by atoms with E-state index in [4.69, 9.17) is 19.6 Å². The number of halogens is 2. The summed E-state index contributed by atoms with van der Waals surface area (Å²) in [5.41, 5.74) is 0. The molecule has 0 amide bonds. The van der Waals surface area contributed by atoms with Gasteiger partial charge in [-0.15, -0.1) is 0 Å². The molecule has 18 heavy (non-hydrogen) atoms. The first-order chi connectivity index (χ1) is 8.63. The fourth-order valence-corrected chi connectivity index (χ4v) is 2.20. The van der Waals surface area contributed by atoms with Crippen molar-refractivity contribution in [3.63, 3.8) is 0 Å². The molecule has 0 aliphatic rings. The van der Waals surface area contributed by atoms with E-state index in [1.54, 1.807) is 0 Å². The Morgan fingerprint density at radius 1 is 0.722 bits per heavy atom. The lowest BCUT2D eigenvalue weighted by Gasteiger charge is -2.08. The van der Waals surface area contributed by atoms with E-state index in [-0.39, 0.29) is 11.6 Å². The molecule has 0 aliphatic carbocycles. The fraction of sp³-hybridized carbons (Fsp3) is 0. The summed E-state index contributed by atoms with van der Waals surface area (Å²) in [5.74, 6) is 0.116. The molecule has 0 radical (unpaired) electrons. The van der Waals surface area contributed by atoms with Gasteiger partial charge in [0.15, 0.2) is 0 Å². The minimum absolute atomic E-state index is 0.356. The van der Waals surface area contributed by atoms with Gasteiger partial charge in [-0.25, -0.2) is 8.78 Å². The molecular weight excluding hydrogens is 278 g/mol. The van der Waals surface area contributed by atoms with Crippen LogP contribution in [0, 0.1) is 11.6 Å². The Kier molecular flexibility index (Phi) is 4.22.